The first kappa shape index (κ1) is 12.0. The molecule has 0 bridgehead atoms. The van der Waals surface area contributed by atoms with Crippen molar-refractivity contribution < 1.29 is 9.18 Å². The van der Waals surface area contributed by atoms with Crippen LogP contribution in [0.2, 0.25) is 5.02 Å². The summed E-state index contributed by atoms with van der Waals surface area (Å²) in [5.74, 6) is -0.961. The van der Waals surface area contributed by atoms with Crippen LogP contribution in [0.3, 0.4) is 0 Å². The van der Waals surface area contributed by atoms with Gasteiger partial charge in [-0.1, -0.05) is 24.9 Å². The average molecular weight is 230 g/mol. The maximum Gasteiger partial charge on any atom is 0.254 e. The van der Waals surface area contributed by atoms with E-state index in [0.717, 1.165) is 12.8 Å². The average Bonchev–Trinajstić information content (AvgIpc) is 2.22. The van der Waals surface area contributed by atoms with E-state index in [1.165, 1.54) is 18.2 Å². The number of unbranched alkanes of at least 4 members (excludes halogenated alkanes) is 1. The van der Waals surface area contributed by atoms with E-state index < -0.39 is 11.7 Å². The minimum atomic E-state index is -0.548. The quantitative estimate of drug-likeness (QED) is 0.791. The number of rotatable bonds is 4. The molecule has 2 nitrogen and oxygen atoms in total. The van der Waals surface area contributed by atoms with Gasteiger partial charge in [0.25, 0.3) is 5.91 Å². The SMILES string of the molecule is CCCCNC(=O)c1cc(Cl)ccc1F. The van der Waals surface area contributed by atoms with Crippen molar-refractivity contribution in [3.63, 3.8) is 0 Å². The molecule has 0 aromatic heterocycles. The second-order valence-electron chi connectivity index (χ2n) is 3.23. The predicted molar refractivity (Wildman–Crippen MR) is 58.7 cm³/mol. The van der Waals surface area contributed by atoms with Crippen molar-refractivity contribution in [2.45, 2.75) is 19.8 Å². The highest BCUT2D eigenvalue weighted by atomic mass is 35.5. The van der Waals surface area contributed by atoms with Gasteiger partial charge in [-0.05, 0) is 24.6 Å². The van der Waals surface area contributed by atoms with Crippen molar-refractivity contribution in [3.05, 3.63) is 34.6 Å². The van der Waals surface area contributed by atoms with E-state index in [4.69, 9.17) is 11.6 Å². The Morgan fingerprint density at radius 3 is 2.93 bits per heavy atom. The van der Waals surface area contributed by atoms with Gasteiger partial charge in [-0.3, -0.25) is 4.79 Å². The second kappa shape index (κ2) is 5.71. The van der Waals surface area contributed by atoms with Gasteiger partial charge in [0, 0.05) is 11.6 Å². The van der Waals surface area contributed by atoms with Crippen molar-refractivity contribution in [2.24, 2.45) is 0 Å². The Bertz CT molecular complexity index is 354. The molecule has 0 atom stereocenters. The summed E-state index contributed by atoms with van der Waals surface area (Å²) < 4.78 is 13.2. The van der Waals surface area contributed by atoms with Crippen LogP contribution in [-0.4, -0.2) is 12.5 Å². The lowest BCUT2D eigenvalue weighted by molar-refractivity contribution is 0.0949. The molecule has 0 aliphatic carbocycles. The van der Waals surface area contributed by atoms with Gasteiger partial charge in [0.1, 0.15) is 5.82 Å². The molecule has 0 saturated carbocycles. The zero-order valence-corrected chi connectivity index (χ0v) is 9.27. The number of nitrogens with one attached hydrogen (secondary N) is 1. The van der Waals surface area contributed by atoms with Crippen LogP contribution in [-0.2, 0) is 0 Å². The number of carbonyl (C=O) groups is 1. The first-order valence-corrected chi connectivity index (χ1v) is 5.26. The van der Waals surface area contributed by atoms with Crippen LogP contribution >= 0.6 is 11.6 Å². The molecule has 0 spiro atoms. The molecule has 1 amide bonds. The van der Waals surface area contributed by atoms with Gasteiger partial charge < -0.3 is 5.32 Å². The third kappa shape index (κ3) is 3.51. The van der Waals surface area contributed by atoms with Crippen molar-refractivity contribution in [2.75, 3.05) is 6.54 Å². The fourth-order valence-corrected chi connectivity index (χ4v) is 1.32. The van der Waals surface area contributed by atoms with Gasteiger partial charge in [-0.2, -0.15) is 0 Å². The summed E-state index contributed by atoms with van der Waals surface area (Å²) in [6, 6.07) is 3.94. The van der Waals surface area contributed by atoms with E-state index in [-0.39, 0.29) is 5.56 Å². The van der Waals surface area contributed by atoms with E-state index in [2.05, 4.69) is 5.32 Å². The third-order valence-electron chi connectivity index (χ3n) is 1.99. The largest absolute Gasteiger partial charge is 0.352 e. The van der Waals surface area contributed by atoms with E-state index >= 15 is 0 Å². The van der Waals surface area contributed by atoms with Crippen molar-refractivity contribution in [1.82, 2.24) is 5.32 Å². The highest BCUT2D eigenvalue weighted by molar-refractivity contribution is 6.30. The zero-order valence-electron chi connectivity index (χ0n) is 8.52. The second-order valence-corrected chi connectivity index (χ2v) is 3.67. The summed E-state index contributed by atoms with van der Waals surface area (Å²) in [5, 5.41) is 2.99. The van der Waals surface area contributed by atoms with Crippen molar-refractivity contribution in [3.8, 4) is 0 Å². The van der Waals surface area contributed by atoms with E-state index in [1.54, 1.807) is 0 Å². The monoisotopic (exact) mass is 229 g/mol. The van der Waals surface area contributed by atoms with Gasteiger partial charge in [0.15, 0.2) is 0 Å². The lowest BCUT2D eigenvalue weighted by atomic mass is 10.2. The van der Waals surface area contributed by atoms with E-state index in [0.29, 0.717) is 11.6 Å². The van der Waals surface area contributed by atoms with Crippen LogP contribution in [0.5, 0.6) is 0 Å². The van der Waals surface area contributed by atoms with E-state index in [1.807, 2.05) is 6.92 Å². The summed E-state index contributed by atoms with van der Waals surface area (Å²) in [6.07, 6.45) is 1.87. The van der Waals surface area contributed by atoms with Crippen molar-refractivity contribution >= 4 is 17.5 Å². The van der Waals surface area contributed by atoms with Crippen LogP contribution < -0.4 is 5.32 Å². The maximum atomic E-state index is 13.2. The highest BCUT2D eigenvalue weighted by Gasteiger charge is 2.11. The molecule has 82 valence electrons. The lowest BCUT2D eigenvalue weighted by Gasteiger charge is -2.05. The molecule has 4 heteroatoms. The minimum Gasteiger partial charge on any atom is -0.352 e. The molecular weight excluding hydrogens is 217 g/mol. The fourth-order valence-electron chi connectivity index (χ4n) is 1.15. The molecule has 0 fully saturated rings. The molecule has 1 aromatic rings. The van der Waals surface area contributed by atoms with Gasteiger partial charge in [0.2, 0.25) is 0 Å². The fraction of sp³-hybridized carbons (Fsp3) is 0.364. The van der Waals surface area contributed by atoms with Gasteiger partial charge in [-0.25, -0.2) is 4.39 Å². The Morgan fingerprint density at radius 1 is 1.53 bits per heavy atom. The Kier molecular flexibility index (Phi) is 4.56. The van der Waals surface area contributed by atoms with Crippen LogP contribution in [0, 0.1) is 5.82 Å². The van der Waals surface area contributed by atoms with Gasteiger partial charge in [-0.15, -0.1) is 0 Å². The number of hydrogen-bond donors (Lipinski definition) is 1. The minimum absolute atomic E-state index is 0.00129. The number of carbonyl (C=O) groups excluding carboxylic acids is 1. The Hall–Kier alpha value is -1.09. The van der Waals surface area contributed by atoms with Crippen LogP contribution in [0.25, 0.3) is 0 Å². The number of amides is 1. The number of benzene rings is 1. The Balaban J connectivity index is 2.68. The van der Waals surface area contributed by atoms with Gasteiger partial charge >= 0.3 is 0 Å². The summed E-state index contributed by atoms with van der Waals surface area (Å²) >= 11 is 5.68. The van der Waals surface area contributed by atoms with Gasteiger partial charge in [0.05, 0.1) is 5.56 Å². The first-order valence-electron chi connectivity index (χ1n) is 4.88. The number of hydrogen-bond acceptors (Lipinski definition) is 1. The molecule has 0 unspecified atom stereocenters. The molecule has 1 rings (SSSR count). The number of halogens is 2. The normalized spacial score (nSPS) is 10.1. The molecule has 0 aliphatic heterocycles. The predicted octanol–water partition coefficient (Wildman–Crippen LogP) is 3.01. The topological polar surface area (TPSA) is 29.1 Å². The van der Waals surface area contributed by atoms with E-state index in [9.17, 15) is 9.18 Å². The standard InChI is InChI=1S/C11H13ClFNO/c1-2-3-6-14-11(15)9-7-8(12)4-5-10(9)13/h4-5,7H,2-3,6H2,1H3,(H,14,15). The Labute approximate surface area is 93.4 Å². The van der Waals surface area contributed by atoms with Crippen LogP contribution in [0.15, 0.2) is 18.2 Å². The first-order chi connectivity index (χ1) is 7.15. The smallest absolute Gasteiger partial charge is 0.254 e. The summed E-state index contributed by atoms with van der Waals surface area (Å²) in [7, 11) is 0. The highest BCUT2D eigenvalue weighted by Crippen LogP contribution is 2.14. The molecule has 1 N–H and O–H groups in total. The summed E-state index contributed by atoms with van der Waals surface area (Å²) in [6.45, 7) is 2.58. The molecule has 1 aromatic carbocycles. The molecule has 15 heavy (non-hydrogen) atoms. The zero-order chi connectivity index (χ0) is 11.3. The summed E-state index contributed by atoms with van der Waals surface area (Å²) in [4.78, 5) is 11.5. The summed E-state index contributed by atoms with van der Waals surface area (Å²) in [5.41, 5.74) is -0.00129. The van der Waals surface area contributed by atoms with Crippen LogP contribution in [0.1, 0.15) is 30.1 Å². The van der Waals surface area contributed by atoms with Crippen LogP contribution in [0.4, 0.5) is 4.39 Å². The third-order valence-corrected chi connectivity index (χ3v) is 2.22. The lowest BCUT2D eigenvalue weighted by Crippen LogP contribution is -2.25. The molecule has 0 radical (unpaired) electrons. The maximum absolute atomic E-state index is 13.2. The molecular formula is C11H13ClFNO. The molecule has 0 saturated heterocycles. The molecule has 0 aliphatic rings. The Morgan fingerprint density at radius 2 is 2.27 bits per heavy atom. The molecule has 0 heterocycles. The van der Waals surface area contributed by atoms with Crippen molar-refractivity contribution in [1.29, 1.82) is 0 Å².